The Hall–Kier alpha value is -2.63. The summed E-state index contributed by atoms with van der Waals surface area (Å²) in [6.45, 7) is 4.32. The van der Waals surface area contributed by atoms with Crippen LogP contribution >= 0.6 is 11.6 Å². The molecule has 5 rings (SSSR count). The Morgan fingerprint density at radius 2 is 2.07 bits per heavy atom. The second-order valence-corrected chi connectivity index (χ2v) is 8.70. The largest absolute Gasteiger partial charge is 0.342 e. The van der Waals surface area contributed by atoms with Gasteiger partial charge in [-0.2, -0.15) is 5.10 Å². The van der Waals surface area contributed by atoms with Crippen LogP contribution in [0, 0.1) is 6.92 Å². The van der Waals surface area contributed by atoms with Crippen LogP contribution in [0.25, 0.3) is 10.9 Å². The van der Waals surface area contributed by atoms with Crippen LogP contribution in [0.1, 0.15) is 41.3 Å². The molecule has 5 nitrogen and oxygen atoms in total. The summed E-state index contributed by atoms with van der Waals surface area (Å²) in [6, 6.07) is 14.4. The lowest BCUT2D eigenvalue weighted by atomic mass is 9.89. The third kappa shape index (κ3) is 3.53. The monoisotopic (exact) mass is 420 g/mol. The van der Waals surface area contributed by atoms with Crippen LogP contribution in [0.3, 0.4) is 0 Å². The van der Waals surface area contributed by atoms with Crippen molar-refractivity contribution in [3.8, 4) is 0 Å². The number of aromatic nitrogens is 1. The van der Waals surface area contributed by atoms with Crippen molar-refractivity contribution in [3.05, 3.63) is 69.9 Å². The molecule has 1 amide bonds. The highest BCUT2D eigenvalue weighted by atomic mass is 35.5. The minimum atomic E-state index is -0.0762. The second kappa shape index (κ2) is 7.89. The molecule has 6 heteroatoms. The first-order valence-electron chi connectivity index (χ1n) is 10.5. The molecule has 0 spiro atoms. The predicted molar refractivity (Wildman–Crippen MR) is 121 cm³/mol. The molecular formula is C24H25ClN4O. The number of carbonyl (C=O) groups excluding carboxylic acids is 1. The van der Waals surface area contributed by atoms with Crippen molar-refractivity contribution in [2.75, 3.05) is 13.1 Å². The molecular weight excluding hydrogens is 396 g/mol. The molecule has 154 valence electrons. The lowest BCUT2D eigenvalue weighted by molar-refractivity contribution is -0.123. The van der Waals surface area contributed by atoms with Gasteiger partial charge in [0.15, 0.2) is 0 Å². The van der Waals surface area contributed by atoms with E-state index in [2.05, 4.69) is 45.1 Å². The summed E-state index contributed by atoms with van der Waals surface area (Å²) in [6.07, 6.45) is 5.04. The topological polar surface area (TPSA) is 49.6 Å². The molecule has 0 fully saturated rings. The van der Waals surface area contributed by atoms with Crippen LogP contribution in [0.4, 0.5) is 0 Å². The van der Waals surface area contributed by atoms with E-state index in [0.717, 1.165) is 37.9 Å². The molecule has 1 aromatic heterocycles. The fourth-order valence-electron chi connectivity index (χ4n) is 4.93. The van der Waals surface area contributed by atoms with Crippen molar-refractivity contribution in [1.29, 1.82) is 0 Å². The van der Waals surface area contributed by atoms with Crippen molar-refractivity contribution in [2.45, 2.75) is 38.8 Å². The highest BCUT2D eigenvalue weighted by Gasteiger charge is 2.35. The summed E-state index contributed by atoms with van der Waals surface area (Å²) < 4.78 is 2.49. The first-order valence-corrected chi connectivity index (χ1v) is 10.9. The zero-order valence-electron chi connectivity index (χ0n) is 17.1. The van der Waals surface area contributed by atoms with Gasteiger partial charge in [0.2, 0.25) is 0 Å². The molecule has 1 aliphatic heterocycles. The number of hydrogen-bond acceptors (Lipinski definition) is 3. The van der Waals surface area contributed by atoms with E-state index >= 15 is 0 Å². The van der Waals surface area contributed by atoms with Gasteiger partial charge < -0.3 is 4.57 Å². The minimum Gasteiger partial charge on any atom is -0.342 e. The van der Waals surface area contributed by atoms with Gasteiger partial charge in [-0.3, -0.25) is 9.69 Å². The van der Waals surface area contributed by atoms with Crippen LogP contribution in [-0.4, -0.2) is 34.7 Å². The lowest BCUT2D eigenvalue weighted by Crippen LogP contribution is -2.44. The fourth-order valence-corrected chi connectivity index (χ4v) is 5.05. The van der Waals surface area contributed by atoms with Gasteiger partial charge in [-0.15, -0.1) is 0 Å². The smallest absolute Gasteiger partial charge is 0.254 e. The minimum absolute atomic E-state index is 0.0762. The van der Waals surface area contributed by atoms with E-state index in [1.807, 2.05) is 12.1 Å². The van der Waals surface area contributed by atoms with E-state index in [4.69, 9.17) is 11.6 Å². The van der Waals surface area contributed by atoms with Crippen molar-refractivity contribution < 1.29 is 4.79 Å². The molecule has 1 atom stereocenters. The average molecular weight is 421 g/mol. The third-order valence-corrected chi connectivity index (χ3v) is 6.51. The molecule has 0 radical (unpaired) electrons. The SMILES string of the molecule is Cc1ccc2c(c1)c1c3n2CCN(CC(=O)N/N=C/c2ccc(Cl)cc2)[C@H]3CCC1. The molecule has 0 saturated carbocycles. The van der Waals surface area contributed by atoms with Crippen molar-refractivity contribution in [2.24, 2.45) is 5.10 Å². The van der Waals surface area contributed by atoms with E-state index in [1.54, 1.807) is 18.3 Å². The molecule has 1 aliphatic carbocycles. The maximum absolute atomic E-state index is 12.6. The predicted octanol–water partition coefficient (Wildman–Crippen LogP) is 4.45. The Morgan fingerprint density at radius 3 is 2.90 bits per heavy atom. The van der Waals surface area contributed by atoms with Crippen LogP contribution in [0.5, 0.6) is 0 Å². The van der Waals surface area contributed by atoms with Gasteiger partial charge in [-0.05, 0) is 61.6 Å². The number of rotatable bonds is 4. The molecule has 2 aromatic carbocycles. The second-order valence-electron chi connectivity index (χ2n) is 8.26. The Bertz CT molecular complexity index is 1130. The standard InChI is InChI=1S/C24H25ClN4O/c1-16-5-10-21-20(13-16)19-3-2-4-22-24(19)29(21)12-11-28(22)15-23(30)27-26-14-17-6-8-18(25)9-7-17/h5-10,13-14,22H,2-4,11-12,15H2,1H3,(H,27,30)/b26-14+/t22-/m0/s1. The fraction of sp³-hybridized carbons (Fsp3) is 0.333. The normalized spacial score (nSPS) is 18.7. The van der Waals surface area contributed by atoms with E-state index < -0.39 is 0 Å². The average Bonchev–Trinajstić information content (AvgIpc) is 3.06. The number of fused-ring (bicyclic) bond motifs is 3. The lowest BCUT2D eigenvalue weighted by Gasteiger charge is -2.39. The first kappa shape index (κ1) is 19.3. The number of amides is 1. The maximum atomic E-state index is 12.6. The number of carbonyl (C=O) groups is 1. The molecule has 2 heterocycles. The van der Waals surface area contributed by atoms with E-state index in [9.17, 15) is 4.79 Å². The number of hydrogen-bond donors (Lipinski definition) is 1. The van der Waals surface area contributed by atoms with Crippen LogP contribution in [0.2, 0.25) is 5.02 Å². The van der Waals surface area contributed by atoms with E-state index in [-0.39, 0.29) is 5.91 Å². The van der Waals surface area contributed by atoms with Gasteiger partial charge in [0.1, 0.15) is 0 Å². The van der Waals surface area contributed by atoms with Crippen LogP contribution < -0.4 is 5.43 Å². The van der Waals surface area contributed by atoms with Gasteiger partial charge in [-0.1, -0.05) is 35.4 Å². The molecule has 30 heavy (non-hydrogen) atoms. The zero-order valence-corrected chi connectivity index (χ0v) is 17.8. The van der Waals surface area contributed by atoms with Crippen molar-refractivity contribution >= 4 is 34.6 Å². The molecule has 3 aromatic rings. The highest BCUT2D eigenvalue weighted by molar-refractivity contribution is 6.30. The van der Waals surface area contributed by atoms with Gasteiger partial charge in [0, 0.05) is 34.7 Å². The quantitative estimate of drug-likeness (QED) is 0.501. The number of nitrogens with zero attached hydrogens (tertiary/aromatic N) is 3. The van der Waals surface area contributed by atoms with E-state index in [0.29, 0.717) is 17.6 Å². The Morgan fingerprint density at radius 1 is 1.23 bits per heavy atom. The summed E-state index contributed by atoms with van der Waals surface area (Å²) in [5, 5.41) is 6.19. The zero-order chi connectivity index (χ0) is 20.7. The molecule has 2 aliphatic rings. The maximum Gasteiger partial charge on any atom is 0.254 e. The summed E-state index contributed by atoms with van der Waals surface area (Å²) in [5.74, 6) is -0.0762. The van der Waals surface area contributed by atoms with Crippen LogP contribution in [-0.2, 0) is 17.8 Å². The van der Waals surface area contributed by atoms with Gasteiger partial charge in [-0.25, -0.2) is 5.43 Å². The molecule has 0 unspecified atom stereocenters. The number of benzene rings is 2. The summed E-state index contributed by atoms with van der Waals surface area (Å²) in [4.78, 5) is 14.9. The number of halogens is 1. The molecule has 0 bridgehead atoms. The Kier molecular flexibility index (Phi) is 5.09. The third-order valence-electron chi connectivity index (χ3n) is 6.26. The highest BCUT2D eigenvalue weighted by Crippen LogP contribution is 2.42. The summed E-state index contributed by atoms with van der Waals surface area (Å²) >= 11 is 5.90. The number of hydrazone groups is 1. The Labute approximate surface area is 181 Å². The summed E-state index contributed by atoms with van der Waals surface area (Å²) in [5.41, 5.74) is 9.13. The number of aryl methyl sites for hydroxylation is 2. The Balaban J connectivity index is 1.32. The molecule has 1 N–H and O–H groups in total. The van der Waals surface area contributed by atoms with Gasteiger partial charge in [0.05, 0.1) is 18.8 Å². The van der Waals surface area contributed by atoms with Gasteiger partial charge >= 0.3 is 0 Å². The van der Waals surface area contributed by atoms with Crippen molar-refractivity contribution in [3.63, 3.8) is 0 Å². The van der Waals surface area contributed by atoms with Gasteiger partial charge in [0.25, 0.3) is 5.91 Å². The number of nitrogens with one attached hydrogen (secondary N) is 1. The summed E-state index contributed by atoms with van der Waals surface area (Å²) in [7, 11) is 0. The van der Waals surface area contributed by atoms with E-state index in [1.165, 1.54) is 27.7 Å². The van der Waals surface area contributed by atoms with Crippen molar-refractivity contribution in [1.82, 2.24) is 14.9 Å². The van der Waals surface area contributed by atoms with Crippen LogP contribution in [0.15, 0.2) is 47.6 Å². The first-order chi connectivity index (χ1) is 14.6. The molecule has 0 saturated heterocycles.